The van der Waals surface area contributed by atoms with Gasteiger partial charge in [0.25, 0.3) is 0 Å². The molecule has 0 aromatic rings. The summed E-state index contributed by atoms with van der Waals surface area (Å²) in [6.07, 6.45) is 0. The Balaban J connectivity index is 2.73. The highest BCUT2D eigenvalue weighted by molar-refractivity contribution is 6.01. The SMILES string of the molecule is CC(=O)Oc1ccccc2c(C(C)=O)c(=O)oc1-2. The second kappa shape index (κ2) is 4.44. The molecule has 0 fully saturated rings. The third-order valence-corrected chi connectivity index (χ3v) is 2.36. The Labute approximate surface area is 102 Å². The molecule has 0 aromatic carbocycles. The molecule has 0 N–H and O–H groups in total. The summed E-state index contributed by atoms with van der Waals surface area (Å²) in [6.45, 7) is 2.52. The largest absolute Gasteiger partial charge is 0.423 e. The molecule has 0 saturated heterocycles. The Morgan fingerprint density at radius 3 is 2.44 bits per heavy atom. The molecule has 0 aromatic heterocycles. The first-order valence-electron chi connectivity index (χ1n) is 5.26. The van der Waals surface area contributed by atoms with E-state index in [1.165, 1.54) is 19.9 Å². The van der Waals surface area contributed by atoms with Gasteiger partial charge in [0.2, 0.25) is 0 Å². The van der Waals surface area contributed by atoms with Crippen molar-refractivity contribution in [3.05, 3.63) is 40.2 Å². The van der Waals surface area contributed by atoms with E-state index in [9.17, 15) is 14.4 Å². The monoisotopic (exact) mass is 246 g/mol. The molecule has 5 nitrogen and oxygen atoms in total. The molecule has 0 radical (unpaired) electrons. The molecule has 5 heteroatoms. The van der Waals surface area contributed by atoms with E-state index in [0.29, 0.717) is 5.56 Å². The molecule has 0 amide bonds. The number of hydrogen-bond donors (Lipinski definition) is 0. The van der Waals surface area contributed by atoms with E-state index in [2.05, 4.69) is 0 Å². The zero-order valence-corrected chi connectivity index (χ0v) is 9.85. The minimum atomic E-state index is -0.725. The summed E-state index contributed by atoms with van der Waals surface area (Å²) in [5, 5.41) is 0. The highest BCUT2D eigenvalue weighted by atomic mass is 16.5. The van der Waals surface area contributed by atoms with Crippen LogP contribution in [0.15, 0.2) is 33.5 Å². The normalized spacial score (nSPS) is 10.3. The Morgan fingerprint density at radius 2 is 1.83 bits per heavy atom. The van der Waals surface area contributed by atoms with E-state index in [4.69, 9.17) is 9.15 Å². The van der Waals surface area contributed by atoms with Gasteiger partial charge >= 0.3 is 11.6 Å². The van der Waals surface area contributed by atoms with Crippen LogP contribution in [0, 0.1) is 0 Å². The van der Waals surface area contributed by atoms with Gasteiger partial charge in [-0.1, -0.05) is 18.2 Å². The van der Waals surface area contributed by atoms with Crippen LogP contribution in [0.1, 0.15) is 24.2 Å². The lowest BCUT2D eigenvalue weighted by Gasteiger charge is -2.00. The molecule has 0 bridgehead atoms. The summed E-state index contributed by atoms with van der Waals surface area (Å²) in [6, 6.07) is 6.33. The zero-order valence-electron chi connectivity index (χ0n) is 9.85. The van der Waals surface area contributed by atoms with Gasteiger partial charge in [-0.05, 0) is 13.0 Å². The van der Waals surface area contributed by atoms with Gasteiger partial charge in [-0.3, -0.25) is 9.59 Å². The maximum absolute atomic E-state index is 11.6. The number of rotatable bonds is 2. The van der Waals surface area contributed by atoms with E-state index in [1.807, 2.05) is 0 Å². The molecular weight excluding hydrogens is 236 g/mol. The number of Topliss-reactive ketones (excluding diaryl/α,β-unsaturated/α-hetero) is 1. The average molecular weight is 246 g/mol. The minimum absolute atomic E-state index is 0.0328. The highest BCUT2D eigenvalue weighted by Gasteiger charge is 2.24. The predicted molar refractivity (Wildman–Crippen MR) is 62.9 cm³/mol. The fourth-order valence-electron chi connectivity index (χ4n) is 1.70. The molecule has 0 unspecified atom stereocenters. The molecule has 18 heavy (non-hydrogen) atoms. The lowest BCUT2D eigenvalue weighted by Crippen LogP contribution is -2.06. The Bertz CT molecular complexity index is 653. The molecule has 92 valence electrons. The maximum Gasteiger partial charge on any atom is 0.348 e. The van der Waals surface area contributed by atoms with Crippen molar-refractivity contribution in [3.63, 3.8) is 0 Å². The summed E-state index contributed by atoms with van der Waals surface area (Å²) < 4.78 is 9.95. The van der Waals surface area contributed by atoms with Crippen molar-refractivity contribution in [2.45, 2.75) is 13.8 Å². The van der Waals surface area contributed by atoms with Crippen molar-refractivity contribution in [1.29, 1.82) is 0 Å². The second-order valence-electron chi connectivity index (χ2n) is 3.74. The molecular formula is C13H10O5. The third kappa shape index (κ3) is 2.02. The summed E-state index contributed by atoms with van der Waals surface area (Å²) in [7, 11) is 0. The number of hydrogen-bond acceptors (Lipinski definition) is 5. The number of ether oxygens (including phenoxy) is 1. The fraction of sp³-hybridized carbons (Fsp3) is 0.154. The Hall–Kier alpha value is -2.43. The standard InChI is InChI=1S/C13H10O5/c1-7(14)11-9-5-3-4-6-10(17-8(2)15)12(9)18-13(11)16/h3-6H,1-2H3. The number of carbonyl (C=O) groups excluding carboxylic acids is 2. The topological polar surface area (TPSA) is 73.6 Å². The lowest BCUT2D eigenvalue weighted by molar-refractivity contribution is -0.131. The van der Waals surface area contributed by atoms with Crippen molar-refractivity contribution < 1.29 is 18.7 Å². The van der Waals surface area contributed by atoms with E-state index in [-0.39, 0.29) is 17.1 Å². The molecule has 1 aliphatic carbocycles. The van der Waals surface area contributed by atoms with Gasteiger partial charge in [-0.25, -0.2) is 4.79 Å². The Morgan fingerprint density at radius 1 is 1.17 bits per heavy atom. The van der Waals surface area contributed by atoms with Gasteiger partial charge < -0.3 is 9.15 Å². The Kier molecular flexibility index (Phi) is 2.97. The van der Waals surface area contributed by atoms with Crippen LogP contribution in [-0.4, -0.2) is 11.8 Å². The summed E-state index contributed by atoms with van der Waals surface area (Å²) in [4.78, 5) is 34.0. The van der Waals surface area contributed by atoms with Crippen LogP contribution < -0.4 is 10.4 Å². The highest BCUT2D eigenvalue weighted by Crippen LogP contribution is 2.32. The van der Waals surface area contributed by atoms with Crippen LogP contribution in [0.4, 0.5) is 0 Å². The molecule has 0 atom stereocenters. The second-order valence-corrected chi connectivity index (χ2v) is 3.74. The molecule has 2 rings (SSSR count). The molecule has 2 aliphatic rings. The summed E-state index contributed by atoms with van der Waals surface area (Å²) in [5.41, 5.74) is -0.416. The molecule has 0 spiro atoms. The first-order valence-corrected chi connectivity index (χ1v) is 5.26. The van der Waals surface area contributed by atoms with Crippen molar-refractivity contribution in [3.8, 4) is 17.1 Å². The van der Waals surface area contributed by atoms with Crippen LogP contribution >= 0.6 is 0 Å². The number of fused-ring (bicyclic) bond motifs is 1. The van der Waals surface area contributed by atoms with Crippen molar-refractivity contribution in [2.24, 2.45) is 0 Å². The zero-order chi connectivity index (χ0) is 13.3. The van der Waals surface area contributed by atoms with E-state index in [0.717, 1.165) is 0 Å². The van der Waals surface area contributed by atoms with Gasteiger partial charge in [-0.2, -0.15) is 0 Å². The predicted octanol–water partition coefficient (Wildman–Crippen LogP) is 1.87. The molecule has 1 heterocycles. The third-order valence-electron chi connectivity index (χ3n) is 2.36. The first-order chi connectivity index (χ1) is 8.50. The van der Waals surface area contributed by atoms with Crippen molar-refractivity contribution >= 4 is 11.8 Å². The summed E-state index contributed by atoms with van der Waals surface area (Å²) in [5.74, 6) is -0.702. The van der Waals surface area contributed by atoms with Gasteiger partial charge in [0, 0.05) is 12.5 Å². The van der Waals surface area contributed by atoms with Gasteiger partial charge in [0.1, 0.15) is 5.56 Å². The van der Waals surface area contributed by atoms with Crippen LogP contribution in [0.25, 0.3) is 11.3 Å². The number of ketones is 1. The maximum atomic E-state index is 11.6. The first kappa shape index (κ1) is 12.0. The minimum Gasteiger partial charge on any atom is -0.423 e. The lowest BCUT2D eigenvalue weighted by atomic mass is 10.1. The van der Waals surface area contributed by atoms with Crippen LogP contribution in [0.3, 0.4) is 0 Å². The summed E-state index contributed by atoms with van der Waals surface area (Å²) >= 11 is 0. The number of esters is 1. The smallest absolute Gasteiger partial charge is 0.348 e. The van der Waals surface area contributed by atoms with E-state index in [1.54, 1.807) is 18.2 Å². The van der Waals surface area contributed by atoms with E-state index >= 15 is 0 Å². The number of furan rings is 1. The van der Waals surface area contributed by atoms with Gasteiger partial charge in [0.15, 0.2) is 17.3 Å². The van der Waals surface area contributed by atoms with Crippen LogP contribution in [0.2, 0.25) is 0 Å². The average Bonchev–Trinajstić information content (AvgIpc) is 2.48. The van der Waals surface area contributed by atoms with E-state index < -0.39 is 17.4 Å². The van der Waals surface area contributed by atoms with Gasteiger partial charge in [-0.15, -0.1) is 0 Å². The van der Waals surface area contributed by atoms with Crippen molar-refractivity contribution in [2.75, 3.05) is 0 Å². The van der Waals surface area contributed by atoms with Gasteiger partial charge in [0.05, 0.1) is 0 Å². The molecule has 1 aliphatic heterocycles. The fourth-order valence-corrected chi connectivity index (χ4v) is 1.70. The number of carbonyl (C=O) groups is 2. The van der Waals surface area contributed by atoms with Crippen molar-refractivity contribution in [1.82, 2.24) is 0 Å². The molecule has 0 saturated carbocycles. The quantitative estimate of drug-likeness (QED) is 0.597. The van der Waals surface area contributed by atoms with Crippen LogP contribution in [-0.2, 0) is 4.79 Å². The van der Waals surface area contributed by atoms with Crippen LogP contribution in [0.5, 0.6) is 5.75 Å².